The third-order valence-electron chi connectivity index (χ3n) is 4.70. The maximum atomic E-state index is 13.0. The molecule has 0 atom stereocenters. The van der Waals surface area contributed by atoms with E-state index >= 15 is 0 Å². The molecular formula is C24H21F3N2O2. The highest BCUT2D eigenvalue weighted by Gasteiger charge is 2.32. The molecule has 0 fully saturated rings. The van der Waals surface area contributed by atoms with Gasteiger partial charge in [-0.1, -0.05) is 60.7 Å². The Balaban J connectivity index is 1.46. The number of nitrogens with one attached hydrogen (secondary N) is 2. The maximum absolute atomic E-state index is 13.0. The molecule has 7 heteroatoms. The van der Waals surface area contributed by atoms with E-state index in [4.69, 9.17) is 0 Å². The maximum Gasteiger partial charge on any atom is 0.416 e. The van der Waals surface area contributed by atoms with Crippen molar-refractivity contribution in [3.05, 3.63) is 95.6 Å². The van der Waals surface area contributed by atoms with Crippen LogP contribution >= 0.6 is 0 Å². The van der Waals surface area contributed by atoms with Crippen LogP contribution in [0, 0.1) is 0 Å². The van der Waals surface area contributed by atoms with Crippen molar-refractivity contribution < 1.29 is 22.8 Å². The van der Waals surface area contributed by atoms with Gasteiger partial charge in [-0.2, -0.15) is 13.2 Å². The van der Waals surface area contributed by atoms with E-state index in [0.29, 0.717) is 5.56 Å². The van der Waals surface area contributed by atoms with Crippen LogP contribution in [-0.4, -0.2) is 24.9 Å². The van der Waals surface area contributed by atoms with Crippen molar-refractivity contribution in [3.8, 4) is 11.1 Å². The van der Waals surface area contributed by atoms with Crippen LogP contribution in [-0.2, 0) is 17.4 Å². The topological polar surface area (TPSA) is 58.2 Å². The van der Waals surface area contributed by atoms with Crippen LogP contribution in [0.3, 0.4) is 0 Å². The molecule has 2 amide bonds. The van der Waals surface area contributed by atoms with Crippen LogP contribution in [0.5, 0.6) is 0 Å². The van der Waals surface area contributed by atoms with Crippen LogP contribution in [0.25, 0.3) is 11.1 Å². The first-order valence-corrected chi connectivity index (χ1v) is 9.70. The highest BCUT2D eigenvalue weighted by atomic mass is 19.4. The minimum absolute atomic E-state index is 0.0353. The molecule has 0 aliphatic heterocycles. The largest absolute Gasteiger partial charge is 0.416 e. The Hall–Kier alpha value is -3.61. The van der Waals surface area contributed by atoms with E-state index in [1.165, 1.54) is 18.2 Å². The van der Waals surface area contributed by atoms with Gasteiger partial charge in [0.2, 0.25) is 5.91 Å². The van der Waals surface area contributed by atoms with Gasteiger partial charge in [0.1, 0.15) is 0 Å². The Labute approximate surface area is 178 Å². The van der Waals surface area contributed by atoms with E-state index in [0.717, 1.165) is 17.2 Å². The number of amides is 2. The molecule has 3 rings (SSSR count). The van der Waals surface area contributed by atoms with Gasteiger partial charge in [0, 0.05) is 12.1 Å². The second kappa shape index (κ2) is 9.93. The Morgan fingerprint density at radius 3 is 2.03 bits per heavy atom. The molecule has 0 unspecified atom stereocenters. The Morgan fingerprint density at radius 2 is 1.35 bits per heavy atom. The van der Waals surface area contributed by atoms with E-state index in [9.17, 15) is 22.8 Å². The van der Waals surface area contributed by atoms with Gasteiger partial charge in [-0.3, -0.25) is 9.59 Å². The van der Waals surface area contributed by atoms with E-state index in [2.05, 4.69) is 10.6 Å². The molecule has 4 nitrogen and oxygen atoms in total. The number of benzene rings is 3. The van der Waals surface area contributed by atoms with Crippen molar-refractivity contribution in [1.82, 2.24) is 10.6 Å². The summed E-state index contributed by atoms with van der Waals surface area (Å²) < 4.78 is 39.0. The SMILES string of the molecule is O=C(CNC(=O)c1ccc(-c2ccccc2)cc1)NCCc1ccccc1C(F)(F)F. The lowest BCUT2D eigenvalue weighted by atomic mass is 10.0. The molecular weight excluding hydrogens is 405 g/mol. The summed E-state index contributed by atoms with van der Waals surface area (Å²) in [5, 5.41) is 5.04. The van der Waals surface area contributed by atoms with E-state index < -0.39 is 23.6 Å². The molecule has 0 spiro atoms. The van der Waals surface area contributed by atoms with Crippen molar-refractivity contribution in [1.29, 1.82) is 0 Å². The molecule has 3 aromatic carbocycles. The van der Waals surface area contributed by atoms with Crippen molar-refractivity contribution in [3.63, 3.8) is 0 Å². The van der Waals surface area contributed by atoms with E-state index in [-0.39, 0.29) is 25.1 Å². The molecule has 0 radical (unpaired) electrons. The monoisotopic (exact) mass is 426 g/mol. The smallest absolute Gasteiger partial charge is 0.354 e. The lowest BCUT2D eigenvalue weighted by Crippen LogP contribution is -2.37. The number of carbonyl (C=O) groups excluding carboxylic acids is 2. The molecule has 0 saturated heterocycles. The van der Waals surface area contributed by atoms with Gasteiger partial charge < -0.3 is 10.6 Å². The number of rotatable bonds is 7. The molecule has 0 bridgehead atoms. The summed E-state index contributed by atoms with van der Waals surface area (Å²) in [6.07, 6.45) is -4.40. The normalized spacial score (nSPS) is 11.1. The van der Waals surface area contributed by atoms with Crippen LogP contribution < -0.4 is 10.6 Å². The fourth-order valence-electron chi connectivity index (χ4n) is 3.12. The first-order valence-electron chi connectivity index (χ1n) is 9.70. The molecule has 0 heterocycles. The molecule has 3 aromatic rings. The molecule has 2 N–H and O–H groups in total. The number of carbonyl (C=O) groups is 2. The first-order chi connectivity index (χ1) is 14.8. The van der Waals surface area contributed by atoms with Gasteiger partial charge in [0.25, 0.3) is 5.91 Å². The van der Waals surface area contributed by atoms with Gasteiger partial charge in [-0.15, -0.1) is 0 Å². The zero-order valence-corrected chi connectivity index (χ0v) is 16.6. The van der Waals surface area contributed by atoms with Crippen molar-refractivity contribution in [2.45, 2.75) is 12.6 Å². The predicted molar refractivity (Wildman–Crippen MR) is 112 cm³/mol. The molecule has 160 valence electrons. The van der Waals surface area contributed by atoms with Crippen molar-refractivity contribution in [2.24, 2.45) is 0 Å². The van der Waals surface area contributed by atoms with Gasteiger partial charge >= 0.3 is 6.18 Å². The van der Waals surface area contributed by atoms with Gasteiger partial charge in [-0.25, -0.2) is 0 Å². The number of alkyl halides is 3. The van der Waals surface area contributed by atoms with Crippen LogP contribution in [0.2, 0.25) is 0 Å². The standard InChI is InChI=1S/C24H21F3N2O2/c25-24(26,27)21-9-5-4-8-19(21)14-15-28-22(30)16-29-23(31)20-12-10-18(11-13-20)17-6-2-1-3-7-17/h1-13H,14-16H2,(H,28,30)(H,29,31). The fraction of sp³-hybridized carbons (Fsp3) is 0.167. The van der Waals surface area contributed by atoms with E-state index in [1.807, 2.05) is 42.5 Å². The fourth-order valence-corrected chi connectivity index (χ4v) is 3.12. The van der Waals surface area contributed by atoms with Crippen molar-refractivity contribution >= 4 is 11.8 Å². The third-order valence-corrected chi connectivity index (χ3v) is 4.70. The van der Waals surface area contributed by atoms with Crippen LogP contribution in [0.1, 0.15) is 21.5 Å². The Bertz CT molecular complexity index is 1030. The Morgan fingerprint density at radius 1 is 0.742 bits per heavy atom. The van der Waals surface area contributed by atoms with Gasteiger partial charge in [-0.05, 0) is 41.3 Å². The molecule has 0 aliphatic rings. The van der Waals surface area contributed by atoms with Crippen LogP contribution in [0.4, 0.5) is 13.2 Å². The summed E-state index contributed by atoms with van der Waals surface area (Å²) in [4.78, 5) is 24.2. The summed E-state index contributed by atoms with van der Waals surface area (Å²) in [6, 6.07) is 21.9. The minimum atomic E-state index is -4.44. The first kappa shape index (κ1) is 22.1. The third kappa shape index (κ3) is 6.18. The minimum Gasteiger partial charge on any atom is -0.354 e. The van der Waals surface area contributed by atoms with Crippen LogP contribution in [0.15, 0.2) is 78.9 Å². The molecule has 0 aromatic heterocycles. The van der Waals surface area contributed by atoms with Gasteiger partial charge in [0.05, 0.1) is 12.1 Å². The number of halogens is 3. The van der Waals surface area contributed by atoms with E-state index in [1.54, 1.807) is 12.1 Å². The summed E-state index contributed by atoms with van der Waals surface area (Å²) >= 11 is 0. The average Bonchev–Trinajstić information content (AvgIpc) is 2.78. The second-order valence-electron chi connectivity index (χ2n) is 6.88. The summed E-state index contributed by atoms with van der Waals surface area (Å²) in [6.45, 7) is -0.228. The second-order valence-corrected chi connectivity index (χ2v) is 6.88. The number of hydrogen-bond donors (Lipinski definition) is 2. The molecule has 31 heavy (non-hydrogen) atoms. The zero-order chi connectivity index (χ0) is 22.3. The zero-order valence-electron chi connectivity index (χ0n) is 16.6. The highest BCUT2D eigenvalue weighted by Crippen LogP contribution is 2.31. The lowest BCUT2D eigenvalue weighted by Gasteiger charge is -2.13. The average molecular weight is 426 g/mol. The predicted octanol–water partition coefficient (Wildman–Crippen LogP) is 4.46. The quantitative estimate of drug-likeness (QED) is 0.586. The van der Waals surface area contributed by atoms with Gasteiger partial charge in [0.15, 0.2) is 0 Å². The number of hydrogen-bond acceptors (Lipinski definition) is 2. The summed E-state index contributed by atoms with van der Waals surface area (Å²) in [5.74, 6) is -0.879. The lowest BCUT2D eigenvalue weighted by molar-refractivity contribution is -0.138. The van der Waals surface area contributed by atoms with Crippen molar-refractivity contribution in [2.75, 3.05) is 13.1 Å². The highest BCUT2D eigenvalue weighted by molar-refractivity contribution is 5.96. The Kier molecular flexibility index (Phi) is 7.07. The molecule has 0 saturated carbocycles. The summed E-state index contributed by atoms with van der Waals surface area (Å²) in [7, 11) is 0. The molecule has 0 aliphatic carbocycles. The summed E-state index contributed by atoms with van der Waals surface area (Å²) in [5.41, 5.74) is 1.80.